The maximum absolute atomic E-state index is 14.9. The number of hydrogen-bond donors (Lipinski definition) is 4. The summed E-state index contributed by atoms with van der Waals surface area (Å²) in [5.41, 5.74) is -2.06. The van der Waals surface area contributed by atoms with Gasteiger partial charge < -0.3 is 53.2 Å². The molecule has 3 aliphatic heterocycles. The van der Waals surface area contributed by atoms with Gasteiger partial charge in [0.05, 0.1) is 48.7 Å². The van der Waals surface area contributed by atoms with Gasteiger partial charge in [0.1, 0.15) is 47.7 Å². The zero-order valence-electron chi connectivity index (χ0n) is 41.4. The topological polar surface area (TPSA) is 213 Å². The monoisotopic (exact) mass is 952 g/mol. The third-order valence-corrected chi connectivity index (χ3v) is 15.9. The third kappa shape index (κ3) is 8.84. The molecule has 4 aromatic rings. The number of hydrogen-bond acceptors (Lipinski definition) is 14. The minimum atomic E-state index is -1.95. The van der Waals surface area contributed by atoms with Crippen molar-refractivity contribution < 1.29 is 57.5 Å². The number of fused-ring (bicyclic) bond motifs is 4. The Hall–Kier alpha value is -5.97. The highest BCUT2D eigenvalue weighted by Gasteiger charge is 2.48. The van der Waals surface area contributed by atoms with Gasteiger partial charge in [-0.3, -0.25) is 19.2 Å². The molecule has 8 rings (SSSR count). The van der Waals surface area contributed by atoms with Gasteiger partial charge in [-0.25, -0.2) is 4.98 Å². The highest BCUT2D eigenvalue weighted by Crippen LogP contribution is 2.44. The summed E-state index contributed by atoms with van der Waals surface area (Å²) in [5.74, 6) is -4.69. The molecule has 4 heterocycles. The number of benzene rings is 3. The van der Waals surface area contributed by atoms with Crippen LogP contribution in [-0.4, -0.2) is 101 Å². The van der Waals surface area contributed by atoms with Crippen LogP contribution < -0.4 is 30.9 Å². The Kier molecular flexibility index (Phi) is 13.4. The lowest BCUT2D eigenvalue weighted by atomic mass is 9.73. The number of esters is 1. The number of aromatic hydroxyl groups is 1. The lowest BCUT2D eigenvalue weighted by Gasteiger charge is -2.39. The fraction of sp³-hybridized carbons (Fsp3) is 0.528. The van der Waals surface area contributed by atoms with Gasteiger partial charge >= 0.3 is 11.8 Å². The van der Waals surface area contributed by atoms with E-state index in [1.54, 1.807) is 31.2 Å². The Morgan fingerprint density at radius 3 is 2.39 bits per heavy atom. The number of carbonyl (C=O) groups excluding carboxylic acids is 2. The quantitative estimate of drug-likeness (QED) is 0.0675. The van der Waals surface area contributed by atoms with Crippen LogP contribution in [0.25, 0.3) is 38.7 Å². The van der Waals surface area contributed by atoms with Crippen molar-refractivity contribution in [2.75, 3.05) is 39.2 Å². The fourth-order valence-electron chi connectivity index (χ4n) is 11.3. The smallest absolute Gasteiger partial charge is 0.307 e. The number of aromatic nitrogens is 1. The molecule has 2 fully saturated rings. The Labute approximate surface area is 400 Å². The second-order valence-electron chi connectivity index (χ2n) is 20.5. The van der Waals surface area contributed by atoms with Crippen molar-refractivity contribution in [1.29, 1.82) is 0 Å². The Morgan fingerprint density at radius 1 is 0.986 bits per heavy atom. The highest BCUT2D eigenvalue weighted by atomic mass is 16.7. The summed E-state index contributed by atoms with van der Waals surface area (Å²) in [7, 11) is 3.76. The van der Waals surface area contributed by atoms with Crippen LogP contribution in [0.5, 0.6) is 17.2 Å². The van der Waals surface area contributed by atoms with Crippen LogP contribution in [0.4, 0.5) is 5.69 Å². The van der Waals surface area contributed by atoms with E-state index >= 15 is 0 Å². The van der Waals surface area contributed by atoms with E-state index in [1.165, 1.54) is 65.5 Å². The second-order valence-corrected chi connectivity index (χ2v) is 20.5. The highest BCUT2D eigenvalue weighted by molar-refractivity contribution is 6.16. The van der Waals surface area contributed by atoms with E-state index in [0.29, 0.717) is 12.6 Å². The molecule has 1 amide bonds. The standard InChI is InChI=1S/C53H65N3O13/c1-25-13-12-14-26(2)52(63)55-44-47(61)40-39(43-50(44)68-38-23-35(22-36(58)42(38)54-43)65-20-18-56(10)24-33-15-16-34(56)21-33)41-49(31(7)46(40)60)69-53(9,51(41)62)66-19-17-37(64-11)30(6)48(67-32(8)57)29(5)27(3)28(4)45(25)59/h12-14,17,19,22-23,25,27-30,33-34,37,45,48,59H,15-16,18,20-21,24H2,1-11H3,(H2-,54,55,58,60,61,62,63)/p+1/b13-12+,19-17+,26-14-/t25-,27+,28-,29+,30+,33?,34?,37-,45-,48-,53-,56?/m0/s1. The van der Waals surface area contributed by atoms with Crippen molar-refractivity contribution >= 4 is 56.3 Å². The summed E-state index contributed by atoms with van der Waals surface area (Å²) in [6.45, 7) is 17.7. The summed E-state index contributed by atoms with van der Waals surface area (Å²) < 4.78 is 37.9. The number of piperidine rings is 1. The number of aliphatic hydroxyl groups excluding tert-OH is 2. The number of allylic oxidation sites excluding steroid dienone is 2. The van der Waals surface area contributed by atoms with E-state index in [4.69, 9.17) is 33.1 Å². The molecule has 3 aromatic carbocycles. The van der Waals surface area contributed by atoms with Crippen molar-refractivity contribution in [1.82, 2.24) is 4.98 Å². The number of methoxy groups -OCH3 is 1. The van der Waals surface area contributed by atoms with Gasteiger partial charge in [0.2, 0.25) is 10.9 Å². The molecule has 0 radical (unpaired) electrons. The molecule has 1 aromatic heterocycles. The molecule has 16 nitrogen and oxygen atoms in total. The molecule has 4 aliphatic rings. The zero-order chi connectivity index (χ0) is 50.0. The SMILES string of the molecule is CO[C@H]1/C=C/O[C@@]2(C)Oc3c(C)c(O)c4c(=O)c(c5oc6cc(OCC[N+]7(C)CC8CCC7C8)cc(=O)c6nc5c4c3=C2O)NC(=O)/C(C)=C\C=C\[C@H](C)[C@H](O)[C@@H](C)[C@@H](C)[C@@H](C)[C@H](OC(C)=O)[C@@H]1C. The summed E-state index contributed by atoms with van der Waals surface area (Å²) in [5, 5.41) is 37.9. The van der Waals surface area contributed by atoms with Crippen LogP contribution in [0.3, 0.4) is 0 Å². The number of amides is 1. The molecule has 1 aliphatic carbocycles. The molecule has 4 N–H and O–H groups in total. The summed E-state index contributed by atoms with van der Waals surface area (Å²) in [6, 6.07) is 3.44. The number of anilines is 1. The van der Waals surface area contributed by atoms with Crippen molar-refractivity contribution in [2.45, 2.75) is 112 Å². The van der Waals surface area contributed by atoms with Crippen LogP contribution in [0.15, 0.2) is 62.3 Å². The predicted molar refractivity (Wildman–Crippen MR) is 261 cm³/mol. The van der Waals surface area contributed by atoms with E-state index in [0.717, 1.165) is 23.5 Å². The average Bonchev–Trinajstić information content (AvgIpc) is 3.98. The fourth-order valence-corrected chi connectivity index (χ4v) is 11.3. The molecular formula is C53H66N3O13+. The first-order chi connectivity index (χ1) is 32.6. The third-order valence-electron chi connectivity index (χ3n) is 15.9. The van der Waals surface area contributed by atoms with Crippen LogP contribution in [0.1, 0.15) is 80.2 Å². The summed E-state index contributed by atoms with van der Waals surface area (Å²) in [4.78, 5) is 60.2. The molecule has 16 heteroatoms. The Bertz CT molecular complexity index is 3000. The van der Waals surface area contributed by atoms with E-state index in [-0.39, 0.29) is 90.2 Å². The first-order valence-corrected chi connectivity index (χ1v) is 24.0. The molecule has 6 bridgehead atoms. The lowest BCUT2D eigenvalue weighted by Crippen LogP contribution is -2.52. The first kappa shape index (κ1) is 49.5. The molecule has 1 saturated heterocycles. The molecule has 3 unspecified atom stereocenters. The summed E-state index contributed by atoms with van der Waals surface area (Å²) >= 11 is 0. The van der Waals surface area contributed by atoms with Crippen molar-refractivity contribution in [2.24, 2.45) is 35.5 Å². The minimum Gasteiger partial charge on any atom is -0.507 e. The van der Waals surface area contributed by atoms with Crippen molar-refractivity contribution in [3.8, 4) is 17.2 Å². The van der Waals surface area contributed by atoms with Crippen molar-refractivity contribution in [3.63, 3.8) is 0 Å². The molecule has 69 heavy (non-hydrogen) atoms. The Morgan fingerprint density at radius 2 is 1.72 bits per heavy atom. The number of likely N-dealkylation sites (tertiary alicyclic amines) is 1. The largest absolute Gasteiger partial charge is 0.507 e. The number of rotatable bonds is 6. The normalized spacial score (nSPS) is 33.5. The molecule has 370 valence electrons. The Balaban J connectivity index is 1.30. The zero-order valence-corrected chi connectivity index (χ0v) is 41.4. The van der Waals surface area contributed by atoms with Gasteiger partial charge in [-0.2, -0.15) is 0 Å². The lowest BCUT2D eigenvalue weighted by molar-refractivity contribution is -0.925. The molecule has 1 saturated carbocycles. The average molecular weight is 953 g/mol. The van der Waals surface area contributed by atoms with Gasteiger partial charge in [0, 0.05) is 73.8 Å². The van der Waals surface area contributed by atoms with Crippen LogP contribution >= 0.6 is 0 Å². The number of likely N-dealkylation sites (N-methyl/N-ethyl adjacent to an activating group) is 1. The van der Waals surface area contributed by atoms with Crippen LogP contribution in [0, 0.1) is 42.4 Å². The number of phenolic OH excluding ortho intramolecular Hbond substituents is 1. The van der Waals surface area contributed by atoms with Gasteiger partial charge in [-0.1, -0.05) is 52.8 Å². The van der Waals surface area contributed by atoms with Gasteiger partial charge in [0.25, 0.3) is 5.91 Å². The number of phenols is 1. The molecular weight excluding hydrogens is 887 g/mol. The first-order valence-electron chi connectivity index (χ1n) is 24.0. The van der Waals surface area contributed by atoms with Gasteiger partial charge in [0.15, 0.2) is 22.4 Å². The van der Waals surface area contributed by atoms with Gasteiger partial charge in [-0.15, -0.1) is 0 Å². The van der Waals surface area contributed by atoms with E-state index < -0.39 is 64.3 Å². The van der Waals surface area contributed by atoms with E-state index in [1.807, 2.05) is 34.6 Å². The number of nitrogens with one attached hydrogen (secondary N) is 1. The maximum Gasteiger partial charge on any atom is 0.307 e. The summed E-state index contributed by atoms with van der Waals surface area (Å²) in [6.07, 6.45) is 9.37. The number of nitrogens with zero attached hydrogens (tertiary/aromatic N) is 2. The van der Waals surface area contributed by atoms with Crippen molar-refractivity contribution in [3.05, 3.63) is 79.5 Å². The number of carbonyl (C=O) groups is 2. The predicted octanol–water partition coefficient (Wildman–Crippen LogP) is 6.84. The van der Waals surface area contributed by atoms with Gasteiger partial charge in [-0.05, 0) is 50.5 Å². The minimum absolute atomic E-state index is 0.0256. The second kappa shape index (κ2) is 18.7. The number of quaternary nitrogens is 1. The molecule has 12 atom stereocenters. The maximum atomic E-state index is 14.9. The molecule has 0 spiro atoms. The number of ether oxygens (including phenoxy) is 5. The van der Waals surface area contributed by atoms with E-state index in [2.05, 4.69) is 12.4 Å². The van der Waals surface area contributed by atoms with E-state index in [9.17, 15) is 34.5 Å². The van der Waals surface area contributed by atoms with Crippen LogP contribution in [-0.2, 0) is 23.8 Å². The van der Waals surface area contributed by atoms with Crippen LogP contribution in [0.2, 0.25) is 0 Å². The number of aliphatic hydroxyl groups is 2.